The van der Waals surface area contributed by atoms with Gasteiger partial charge >= 0.3 is 0 Å². The van der Waals surface area contributed by atoms with Crippen molar-refractivity contribution in [1.82, 2.24) is 14.7 Å². The molecule has 0 aromatic carbocycles. The van der Waals surface area contributed by atoms with E-state index in [1.807, 2.05) is 24.0 Å². The van der Waals surface area contributed by atoms with E-state index in [0.29, 0.717) is 6.61 Å². The third kappa shape index (κ3) is 2.83. The highest BCUT2D eigenvalue weighted by Gasteiger charge is 2.44. The number of likely N-dealkylation sites (tertiary alicyclic amines) is 1. The van der Waals surface area contributed by atoms with Gasteiger partial charge in [-0.3, -0.25) is 9.58 Å². The van der Waals surface area contributed by atoms with Crippen molar-refractivity contribution in [3.8, 4) is 0 Å². The lowest BCUT2D eigenvalue weighted by Crippen LogP contribution is -2.46. The summed E-state index contributed by atoms with van der Waals surface area (Å²) in [6.45, 7) is 3.23. The number of hydrogen-bond acceptors (Lipinski definition) is 5. The summed E-state index contributed by atoms with van der Waals surface area (Å²) in [5.41, 5.74) is 1.94. The second-order valence-electron chi connectivity index (χ2n) is 6.45. The van der Waals surface area contributed by atoms with Crippen molar-refractivity contribution in [3.63, 3.8) is 0 Å². The Morgan fingerprint density at radius 1 is 1.48 bits per heavy atom. The molecular formula is C16H20ClN3O2S. The maximum absolute atomic E-state index is 10.1. The molecule has 2 aromatic heterocycles. The van der Waals surface area contributed by atoms with Gasteiger partial charge in [-0.05, 0) is 18.9 Å². The van der Waals surface area contributed by atoms with Crippen LogP contribution in [0.15, 0.2) is 18.5 Å². The first kappa shape index (κ1) is 15.6. The maximum Gasteiger partial charge on any atom is 0.105 e. The molecule has 2 aliphatic rings. The molecule has 0 bridgehead atoms. The summed E-state index contributed by atoms with van der Waals surface area (Å²) in [5.74, 6) is 0. The lowest BCUT2D eigenvalue weighted by molar-refractivity contribution is -0.129. The van der Waals surface area contributed by atoms with E-state index in [1.165, 1.54) is 5.56 Å². The number of ether oxygens (including phenoxy) is 1. The zero-order chi connectivity index (χ0) is 16.0. The lowest BCUT2D eigenvalue weighted by Gasteiger charge is -2.44. The fourth-order valence-electron chi connectivity index (χ4n) is 3.63. The molecule has 0 aliphatic carbocycles. The molecule has 4 rings (SSSR count). The number of nitrogens with zero attached hydrogens (tertiary/aromatic N) is 3. The van der Waals surface area contributed by atoms with Gasteiger partial charge < -0.3 is 9.84 Å². The highest BCUT2D eigenvalue weighted by Crippen LogP contribution is 2.49. The first-order valence-corrected chi connectivity index (χ1v) is 9.07. The molecule has 2 aromatic rings. The smallest absolute Gasteiger partial charge is 0.105 e. The van der Waals surface area contributed by atoms with Crippen LogP contribution in [0.5, 0.6) is 0 Å². The van der Waals surface area contributed by atoms with Crippen molar-refractivity contribution in [2.45, 2.75) is 31.1 Å². The van der Waals surface area contributed by atoms with Crippen molar-refractivity contribution in [2.24, 2.45) is 7.05 Å². The minimum absolute atomic E-state index is 0.266. The molecule has 5 nitrogen and oxygen atoms in total. The summed E-state index contributed by atoms with van der Waals surface area (Å²) in [5, 5.41) is 14.4. The number of fused-ring (bicyclic) bond motifs is 2. The quantitative estimate of drug-likeness (QED) is 0.901. The Bertz CT molecular complexity index is 706. The van der Waals surface area contributed by atoms with Crippen molar-refractivity contribution in [1.29, 1.82) is 0 Å². The number of thiophene rings is 1. The Balaban J connectivity index is 1.49. The summed E-state index contributed by atoms with van der Waals surface area (Å²) < 4.78 is 8.69. The first-order chi connectivity index (χ1) is 11.1. The summed E-state index contributed by atoms with van der Waals surface area (Å²) in [7, 11) is 1.94. The van der Waals surface area contributed by atoms with Crippen molar-refractivity contribution in [2.75, 3.05) is 19.7 Å². The molecule has 1 saturated heterocycles. The molecule has 2 aliphatic heterocycles. The minimum atomic E-state index is -0.548. The minimum Gasteiger partial charge on any atom is -0.386 e. The van der Waals surface area contributed by atoms with Gasteiger partial charge in [0.05, 0.1) is 17.1 Å². The summed E-state index contributed by atoms with van der Waals surface area (Å²) in [6.07, 6.45) is 5.31. The molecule has 1 spiro atoms. The van der Waals surface area contributed by atoms with E-state index in [2.05, 4.69) is 16.2 Å². The average molecular weight is 354 g/mol. The zero-order valence-corrected chi connectivity index (χ0v) is 14.6. The molecule has 4 heterocycles. The number of piperidine rings is 1. The molecule has 0 unspecified atom stereocenters. The van der Waals surface area contributed by atoms with Crippen LogP contribution in [0.25, 0.3) is 0 Å². The van der Waals surface area contributed by atoms with Gasteiger partial charge in [0.1, 0.15) is 11.7 Å². The average Bonchev–Trinajstić information content (AvgIpc) is 3.12. The van der Waals surface area contributed by atoms with Crippen LogP contribution in [0.1, 0.15) is 34.9 Å². The van der Waals surface area contributed by atoms with E-state index in [-0.39, 0.29) is 5.60 Å². The summed E-state index contributed by atoms with van der Waals surface area (Å²) >= 11 is 7.75. The topological polar surface area (TPSA) is 50.5 Å². The predicted octanol–water partition coefficient (Wildman–Crippen LogP) is 2.69. The summed E-state index contributed by atoms with van der Waals surface area (Å²) in [4.78, 5) is 3.56. The van der Waals surface area contributed by atoms with Gasteiger partial charge in [-0.2, -0.15) is 5.10 Å². The second-order valence-corrected chi connectivity index (χ2v) is 8.14. The van der Waals surface area contributed by atoms with Gasteiger partial charge in [0.2, 0.25) is 0 Å². The van der Waals surface area contributed by atoms with Crippen LogP contribution >= 0.6 is 22.9 Å². The normalized spacial score (nSPS) is 24.0. The molecule has 1 atom stereocenters. The molecule has 1 fully saturated rings. The molecule has 0 saturated carbocycles. The Morgan fingerprint density at radius 3 is 2.96 bits per heavy atom. The van der Waals surface area contributed by atoms with Crippen LogP contribution in [0.3, 0.4) is 0 Å². The number of halogens is 1. The van der Waals surface area contributed by atoms with Crippen LogP contribution in [0, 0.1) is 0 Å². The lowest BCUT2D eigenvalue weighted by atomic mass is 9.84. The van der Waals surface area contributed by atoms with Gasteiger partial charge in [0, 0.05) is 48.9 Å². The number of rotatable bonds is 2. The number of aryl methyl sites for hydroxylation is 1. The van der Waals surface area contributed by atoms with Crippen LogP contribution in [-0.4, -0.2) is 39.5 Å². The third-order valence-electron chi connectivity index (χ3n) is 4.85. The monoisotopic (exact) mass is 353 g/mol. The first-order valence-electron chi connectivity index (χ1n) is 7.87. The highest BCUT2D eigenvalue weighted by molar-refractivity contribution is 7.16. The van der Waals surface area contributed by atoms with Gasteiger partial charge in [0.25, 0.3) is 0 Å². The fraction of sp³-hybridized carbons (Fsp3) is 0.562. The van der Waals surface area contributed by atoms with Gasteiger partial charge in [0.15, 0.2) is 0 Å². The highest BCUT2D eigenvalue weighted by atomic mass is 35.5. The van der Waals surface area contributed by atoms with Crippen LogP contribution in [-0.2, 0) is 23.9 Å². The van der Waals surface area contributed by atoms with E-state index >= 15 is 0 Å². The third-order valence-corrected chi connectivity index (χ3v) is 6.31. The SMILES string of the molecule is Cn1cc(CN2CCC3(CC2)OC[C@@H](O)c2cc(Cl)sc23)cn1. The molecule has 1 N–H and O–H groups in total. The van der Waals surface area contributed by atoms with Crippen LogP contribution in [0.2, 0.25) is 4.34 Å². The molecule has 124 valence electrons. The zero-order valence-electron chi connectivity index (χ0n) is 13.0. The predicted molar refractivity (Wildman–Crippen MR) is 89.6 cm³/mol. The fourth-order valence-corrected chi connectivity index (χ4v) is 5.12. The van der Waals surface area contributed by atoms with Gasteiger partial charge in [-0.15, -0.1) is 11.3 Å². The summed E-state index contributed by atoms with van der Waals surface area (Å²) in [6, 6.07) is 1.90. The van der Waals surface area contributed by atoms with E-state index in [4.69, 9.17) is 16.3 Å². The van der Waals surface area contributed by atoms with E-state index < -0.39 is 6.10 Å². The Morgan fingerprint density at radius 2 is 2.26 bits per heavy atom. The number of aliphatic hydroxyl groups excluding tert-OH is 1. The van der Waals surface area contributed by atoms with E-state index in [9.17, 15) is 5.11 Å². The van der Waals surface area contributed by atoms with Crippen LogP contribution < -0.4 is 0 Å². The second kappa shape index (κ2) is 5.86. The number of aromatic nitrogens is 2. The Labute approximate surface area is 144 Å². The van der Waals surface area contributed by atoms with Crippen molar-refractivity contribution < 1.29 is 9.84 Å². The van der Waals surface area contributed by atoms with E-state index in [1.54, 1.807) is 11.3 Å². The Hall–Kier alpha value is -0.920. The van der Waals surface area contributed by atoms with Crippen molar-refractivity contribution in [3.05, 3.63) is 38.8 Å². The molecular weight excluding hydrogens is 334 g/mol. The Kier molecular flexibility index (Phi) is 3.98. The largest absolute Gasteiger partial charge is 0.386 e. The van der Waals surface area contributed by atoms with Crippen LogP contribution in [0.4, 0.5) is 0 Å². The number of hydrogen-bond donors (Lipinski definition) is 1. The van der Waals surface area contributed by atoms with Crippen molar-refractivity contribution >= 4 is 22.9 Å². The molecule has 7 heteroatoms. The van der Waals surface area contributed by atoms with Gasteiger partial charge in [-0.25, -0.2) is 0 Å². The van der Waals surface area contributed by atoms with E-state index in [0.717, 1.165) is 47.3 Å². The number of aliphatic hydroxyl groups is 1. The maximum atomic E-state index is 10.1. The van der Waals surface area contributed by atoms with Gasteiger partial charge in [-0.1, -0.05) is 11.6 Å². The molecule has 0 radical (unpaired) electrons. The molecule has 23 heavy (non-hydrogen) atoms. The standard InChI is InChI=1S/C16H20ClN3O2S/c1-19-8-11(7-18-19)9-20-4-2-16(3-5-20)15-12(6-14(17)23-15)13(21)10-22-16/h6-8,13,21H,2-5,9-10H2,1H3/t13-/m1/s1. The molecule has 0 amide bonds.